The van der Waals surface area contributed by atoms with Crippen molar-refractivity contribution in [2.45, 2.75) is 30.5 Å². The van der Waals surface area contributed by atoms with Gasteiger partial charge in [0.1, 0.15) is 0 Å². The van der Waals surface area contributed by atoms with E-state index in [4.69, 9.17) is 0 Å². The third kappa shape index (κ3) is 2.12. The second-order valence-electron chi connectivity index (χ2n) is 4.98. The van der Waals surface area contributed by atoms with E-state index in [2.05, 4.69) is 64.5 Å². The fraction of sp³-hybridized carbons (Fsp3) is 0.294. The van der Waals surface area contributed by atoms with Crippen molar-refractivity contribution in [1.29, 1.82) is 0 Å². The van der Waals surface area contributed by atoms with Crippen LogP contribution in [-0.4, -0.2) is 0 Å². The quantitative estimate of drug-likeness (QED) is 0.681. The van der Waals surface area contributed by atoms with Gasteiger partial charge in [0.25, 0.3) is 0 Å². The van der Waals surface area contributed by atoms with Gasteiger partial charge in [-0.1, -0.05) is 64.5 Å². The highest BCUT2D eigenvalue weighted by Gasteiger charge is 2.22. The van der Waals surface area contributed by atoms with Gasteiger partial charge in [-0.3, -0.25) is 0 Å². The summed E-state index contributed by atoms with van der Waals surface area (Å²) in [5.41, 5.74) is 6.01. The summed E-state index contributed by atoms with van der Waals surface area (Å²) in [5, 5.41) is 0.946. The van der Waals surface area contributed by atoms with Crippen LogP contribution in [0, 0.1) is 0 Å². The molecule has 0 aromatic heterocycles. The number of rotatable bonds is 2. The molecule has 2 aromatic carbocycles. The maximum Gasteiger partial charge on any atom is 0.0286 e. The van der Waals surface area contributed by atoms with Crippen LogP contribution in [0.3, 0.4) is 0 Å². The van der Waals surface area contributed by atoms with Gasteiger partial charge >= 0.3 is 0 Å². The van der Waals surface area contributed by atoms with Crippen molar-refractivity contribution in [3.63, 3.8) is 0 Å². The zero-order valence-electron chi connectivity index (χ0n) is 10.4. The molecule has 0 N–H and O–H groups in total. The van der Waals surface area contributed by atoms with Gasteiger partial charge in [-0.15, -0.1) is 0 Å². The number of aryl methyl sites for hydroxylation is 1. The molecule has 0 amide bonds. The molecule has 0 spiro atoms. The van der Waals surface area contributed by atoms with Crippen LogP contribution in [0.15, 0.2) is 48.5 Å². The molecule has 1 aliphatic carbocycles. The lowest BCUT2D eigenvalue weighted by atomic mass is 9.78. The molecule has 1 aliphatic rings. The van der Waals surface area contributed by atoms with Crippen molar-refractivity contribution in [1.82, 2.24) is 0 Å². The standard InChI is InChI=1S/C17H17Br/c18-12-14-7-2-4-10-16(14)17-11-5-8-13-6-1-3-9-15(13)17/h1-4,6-7,9-10,17H,5,8,11-12H2. The van der Waals surface area contributed by atoms with Crippen molar-refractivity contribution < 1.29 is 0 Å². The minimum atomic E-state index is 0.587. The monoisotopic (exact) mass is 300 g/mol. The van der Waals surface area contributed by atoms with E-state index in [9.17, 15) is 0 Å². The maximum atomic E-state index is 3.61. The number of halogens is 1. The lowest BCUT2D eigenvalue weighted by molar-refractivity contribution is 0.613. The smallest absolute Gasteiger partial charge is 0.0286 e. The summed E-state index contributed by atoms with van der Waals surface area (Å²) in [6.45, 7) is 0. The Balaban J connectivity index is 2.08. The van der Waals surface area contributed by atoms with Crippen molar-refractivity contribution >= 4 is 15.9 Å². The van der Waals surface area contributed by atoms with Crippen LogP contribution in [0.4, 0.5) is 0 Å². The summed E-state index contributed by atoms with van der Waals surface area (Å²) in [4.78, 5) is 0. The number of fused-ring (bicyclic) bond motifs is 1. The first kappa shape index (κ1) is 12.0. The largest absolute Gasteiger partial charge is 0.0876 e. The first-order chi connectivity index (χ1) is 8.90. The van der Waals surface area contributed by atoms with E-state index in [1.807, 2.05) is 0 Å². The van der Waals surface area contributed by atoms with Crippen LogP contribution in [0.25, 0.3) is 0 Å². The van der Waals surface area contributed by atoms with Crippen molar-refractivity contribution in [3.05, 3.63) is 70.8 Å². The number of benzene rings is 2. The number of alkyl halides is 1. The minimum Gasteiger partial charge on any atom is -0.0876 e. The summed E-state index contributed by atoms with van der Waals surface area (Å²) in [6, 6.07) is 17.8. The Morgan fingerprint density at radius 2 is 1.67 bits per heavy atom. The van der Waals surface area contributed by atoms with E-state index in [-0.39, 0.29) is 0 Å². The van der Waals surface area contributed by atoms with Crippen molar-refractivity contribution in [3.8, 4) is 0 Å². The predicted octanol–water partition coefficient (Wildman–Crippen LogP) is 5.05. The Hall–Kier alpha value is -1.08. The van der Waals surface area contributed by atoms with Gasteiger partial charge in [0.15, 0.2) is 0 Å². The van der Waals surface area contributed by atoms with Gasteiger partial charge in [0.2, 0.25) is 0 Å². The highest BCUT2D eigenvalue weighted by Crippen LogP contribution is 2.38. The molecule has 0 saturated heterocycles. The zero-order chi connectivity index (χ0) is 12.4. The molecular weight excluding hydrogens is 284 g/mol. The lowest BCUT2D eigenvalue weighted by Crippen LogP contribution is -2.12. The Labute approximate surface area is 117 Å². The fourth-order valence-electron chi connectivity index (χ4n) is 3.07. The van der Waals surface area contributed by atoms with Gasteiger partial charge in [0.05, 0.1) is 0 Å². The molecular formula is C17H17Br. The number of hydrogen-bond acceptors (Lipinski definition) is 0. The molecule has 1 unspecified atom stereocenters. The van der Waals surface area contributed by atoms with E-state index >= 15 is 0 Å². The van der Waals surface area contributed by atoms with Crippen LogP contribution in [0.1, 0.15) is 41.0 Å². The Bertz CT molecular complexity index is 545. The Kier molecular flexibility index (Phi) is 3.51. The molecule has 92 valence electrons. The molecule has 0 nitrogen and oxygen atoms in total. The average Bonchev–Trinajstić information content (AvgIpc) is 2.46. The van der Waals surface area contributed by atoms with E-state index in [1.165, 1.54) is 41.5 Å². The highest BCUT2D eigenvalue weighted by molar-refractivity contribution is 9.08. The molecule has 18 heavy (non-hydrogen) atoms. The average molecular weight is 301 g/mol. The van der Waals surface area contributed by atoms with E-state index in [1.54, 1.807) is 0 Å². The van der Waals surface area contributed by atoms with Crippen LogP contribution in [0.5, 0.6) is 0 Å². The molecule has 3 rings (SSSR count). The maximum absolute atomic E-state index is 3.61. The van der Waals surface area contributed by atoms with Crippen molar-refractivity contribution in [2.75, 3.05) is 0 Å². The van der Waals surface area contributed by atoms with Crippen LogP contribution < -0.4 is 0 Å². The zero-order valence-corrected chi connectivity index (χ0v) is 12.0. The van der Waals surface area contributed by atoms with Gasteiger partial charge in [-0.05, 0) is 41.5 Å². The van der Waals surface area contributed by atoms with Crippen LogP contribution in [0.2, 0.25) is 0 Å². The Morgan fingerprint density at radius 1 is 0.944 bits per heavy atom. The second kappa shape index (κ2) is 5.27. The fourth-order valence-corrected chi connectivity index (χ4v) is 3.58. The van der Waals surface area contributed by atoms with E-state index < -0.39 is 0 Å². The third-order valence-corrected chi connectivity index (χ3v) is 4.55. The van der Waals surface area contributed by atoms with Gasteiger partial charge in [0, 0.05) is 11.2 Å². The topological polar surface area (TPSA) is 0 Å². The van der Waals surface area contributed by atoms with Crippen LogP contribution in [-0.2, 0) is 11.8 Å². The SMILES string of the molecule is BrCc1ccccc1C1CCCc2ccccc21. The van der Waals surface area contributed by atoms with Crippen LogP contribution >= 0.6 is 15.9 Å². The molecule has 0 heterocycles. The first-order valence-electron chi connectivity index (χ1n) is 6.61. The molecule has 0 fully saturated rings. The lowest BCUT2D eigenvalue weighted by Gasteiger charge is -2.27. The first-order valence-corrected chi connectivity index (χ1v) is 7.74. The van der Waals surface area contributed by atoms with E-state index in [0.717, 1.165) is 5.33 Å². The third-order valence-electron chi connectivity index (χ3n) is 3.94. The van der Waals surface area contributed by atoms with Gasteiger partial charge in [-0.25, -0.2) is 0 Å². The second-order valence-corrected chi connectivity index (χ2v) is 5.54. The summed E-state index contributed by atoms with van der Waals surface area (Å²) in [7, 11) is 0. The van der Waals surface area contributed by atoms with E-state index in [0.29, 0.717) is 5.92 Å². The minimum absolute atomic E-state index is 0.587. The molecule has 0 aliphatic heterocycles. The molecule has 0 bridgehead atoms. The van der Waals surface area contributed by atoms with Gasteiger partial charge < -0.3 is 0 Å². The predicted molar refractivity (Wildman–Crippen MR) is 80.3 cm³/mol. The van der Waals surface area contributed by atoms with Gasteiger partial charge in [-0.2, -0.15) is 0 Å². The number of hydrogen-bond donors (Lipinski definition) is 0. The molecule has 2 aromatic rings. The highest BCUT2D eigenvalue weighted by atomic mass is 79.9. The Morgan fingerprint density at radius 3 is 2.50 bits per heavy atom. The summed E-state index contributed by atoms with van der Waals surface area (Å²) in [6.07, 6.45) is 3.82. The summed E-state index contributed by atoms with van der Waals surface area (Å²) < 4.78 is 0. The summed E-state index contributed by atoms with van der Waals surface area (Å²) >= 11 is 3.61. The molecule has 0 saturated carbocycles. The summed E-state index contributed by atoms with van der Waals surface area (Å²) in [5.74, 6) is 0.587. The molecule has 1 atom stereocenters. The normalized spacial score (nSPS) is 18.4. The molecule has 0 radical (unpaired) electrons. The molecule has 1 heteroatoms. The van der Waals surface area contributed by atoms with Crippen molar-refractivity contribution in [2.24, 2.45) is 0 Å².